The molecule has 43 heavy (non-hydrogen) atoms. The summed E-state index contributed by atoms with van der Waals surface area (Å²) in [6, 6.07) is 4.83. The van der Waals surface area contributed by atoms with E-state index in [2.05, 4.69) is 21.1 Å². The average molecular weight is 601 g/mol. The lowest BCUT2D eigenvalue weighted by Gasteiger charge is -2.26. The first-order chi connectivity index (χ1) is 20.5. The highest BCUT2D eigenvalue weighted by atomic mass is 19.1. The molecule has 12 nitrogen and oxygen atoms in total. The van der Waals surface area contributed by atoms with Crippen LogP contribution in [0.25, 0.3) is 0 Å². The molecule has 3 rings (SSSR count). The van der Waals surface area contributed by atoms with Crippen LogP contribution < -0.4 is 16.0 Å². The predicted octanol–water partition coefficient (Wildman–Crippen LogP) is 2.16. The number of ether oxygens (including phenoxy) is 2. The molecule has 232 valence electrons. The van der Waals surface area contributed by atoms with E-state index in [0.29, 0.717) is 24.3 Å². The van der Waals surface area contributed by atoms with Crippen molar-refractivity contribution in [3.63, 3.8) is 0 Å². The van der Waals surface area contributed by atoms with Crippen molar-refractivity contribution < 1.29 is 42.4 Å². The number of benzene rings is 1. The van der Waals surface area contributed by atoms with Crippen LogP contribution in [0.1, 0.15) is 55.4 Å². The Morgan fingerprint density at radius 2 is 1.91 bits per heavy atom. The van der Waals surface area contributed by atoms with Crippen molar-refractivity contribution in [2.75, 3.05) is 13.2 Å². The number of esters is 2. The van der Waals surface area contributed by atoms with Gasteiger partial charge in [0.2, 0.25) is 5.91 Å². The van der Waals surface area contributed by atoms with Gasteiger partial charge in [0.05, 0.1) is 6.61 Å². The molecule has 1 aromatic carbocycles. The summed E-state index contributed by atoms with van der Waals surface area (Å²) in [5.74, 6) is -3.95. The van der Waals surface area contributed by atoms with E-state index in [1.54, 1.807) is 27.7 Å². The molecule has 0 aliphatic carbocycles. The van der Waals surface area contributed by atoms with Crippen LogP contribution >= 0.6 is 0 Å². The lowest BCUT2D eigenvalue weighted by atomic mass is 9.97. The molecule has 0 radical (unpaired) electrons. The molecule has 0 spiro atoms. The minimum absolute atomic E-state index is 0.0243. The van der Waals surface area contributed by atoms with E-state index in [9.17, 15) is 28.4 Å². The van der Waals surface area contributed by atoms with E-state index in [4.69, 9.17) is 14.0 Å². The Bertz CT molecular complexity index is 1320. The molecule has 2 heterocycles. The molecule has 4 atom stereocenters. The van der Waals surface area contributed by atoms with E-state index >= 15 is 0 Å². The Kier molecular flexibility index (Phi) is 12.0. The molecule has 13 heteroatoms. The van der Waals surface area contributed by atoms with Gasteiger partial charge in [0.25, 0.3) is 11.8 Å². The Hall–Kier alpha value is -4.55. The number of amides is 3. The average Bonchev–Trinajstić information content (AvgIpc) is 3.58. The molecule has 0 bridgehead atoms. The number of aromatic nitrogens is 1. The van der Waals surface area contributed by atoms with Gasteiger partial charge in [-0.15, -0.1) is 0 Å². The van der Waals surface area contributed by atoms with Gasteiger partial charge in [-0.3, -0.25) is 14.4 Å². The van der Waals surface area contributed by atoms with E-state index < -0.39 is 59.6 Å². The SMILES string of the molecule is CCOC(=O)/C=C/[C@H](C[C@@H]1CCNC1=O)NC(=O)[C@H](Cc1ccc(F)cc1)OC(=O)[C@@H](NC(=O)c1cc(C)on1)C(C)C. The smallest absolute Gasteiger partial charge is 0.330 e. The molecule has 1 aromatic heterocycles. The number of aryl methyl sites for hydroxylation is 1. The number of hydrogen-bond donors (Lipinski definition) is 3. The van der Waals surface area contributed by atoms with Gasteiger partial charge in [-0.05, 0) is 50.3 Å². The lowest BCUT2D eigenvalue weighted by molar-refractivity contribution is -0.158. The minimum Gasteiger partial charge on any atom is -0.463 e. The topological polar surface area (TPSA) is 166 Å². The number of nitrogens with zero attached hydrogens (tertiary/aromatic N) is 1. The van der Waals surface area contributed by atoms with Gasteiger partial charge in [0.15, 0.2) is 11.8 Å². The first-order valence-corrected chi connectivity index (χ1v) is 14.1. The van der Waals surface area contributed by atoms with E-state index in [1.807, 2.05) is 0 Å². The largest absolute Gasteiger partial charge is 0.463 e. The Labute approximate surface area is 248 Å². The third-order valence-corrected chi connectivity index (χ3v) is 6.73. The van der Waals surface area contributed by atoms with Gasteiger partial charge in [-0.25, -0.2) is 14.0 Å². The zero-order chi connectivity index (χ0) is 31.5. The normalized spacial score (nSPS) is 16.8. The van der Waals surface area contributed by atoms with Gasteiger partial charge in [-0.2, -0.15) is 0 Å². The molecule has 0 unspecified atom stereocenters. The van der Waals surface area contributed by atoms with Gasteiger partial charge in [0, 0.05) is 37.1 Å². The molecular formula is C30H37FN4O8. The van der Waals surface area contributed by atoms with E-state index in [1.165, 1.54) is 36.4 Å². The quantitative estimate of drug-likeness (QED) is 0.218. The van der Waals surface area contributed by atoms with Crippen molar-refractivity contribution >= 4 is 29.7 Å². The summed E-state index contributed by atoms with van der Waals surface area (Å²) in [7, 11) is 0. The molecule has 1 saturated heterocycles. The van der Waals surface area contributed by atoms with Gasteiger partial charge in [0.1, 0.15) is 17.6 Å². The van der Waals surface area contributed by atoms with Crippen molar-refractivity contribution in [2.45, 2.75) is 65.1 Å². The van der Waals surface area contributed by atoms with Crippen LogP contribution in [0.3, 0.4) is 0 Å². The standard InChI is InChI=1S/C30H37FN4O8/c1-5-41-25(36)11-10-22(16-20-12-13-32-27(20)37)33-29(39)24(15-19-6-8-21(31)9-7-19)42-30(40)26(17(2)3)34-28(38)23-14-18(4)43-35-23/h6-11,14,17,20,22,24,26H,5,12-13,15-16H2,1-4H3,(H,32,37)(H,33,39)(H,34,38)/b11-10+/t20-,22+,24-,26-/m0/s1. The van der Waals surface area contributed by atoms with Gasteiger partial charge in [-0.1, -0.05) is 37.2 Å². The maximum Gasteiger partial charge on any atom is 0.330 e. The Morgan fingerprint density at radius 3 is 2.49 bits per heavy atom. The molecule has 0 saturated carbocycles. The molecule has 1 fully saturated rings. The third-order valence-electron chi connectivity index (χ3n) is 6.73. The van der Waals surface area contributed by atoms with Crippen LogP contribution in [-0.2, 0) is 35.1 Å². The summed E-state index contributed by atoms with van der Waals surface area (Å²) in [6.45, 7) is 7.31. The van der Waals surface area contributed by atoms with Crippen LogP contribution in [0, 0.1) is 24.6 Å². The van der Waals surface area contributed by atoms with E-state index in [-0.39, 0.29) is 31.0 Å². The zero-order valence-corrected chi connectivity index (χ0v) is 24.6. The van der Waals surface area contributed by atoms with Crippen molar-refractivity contribution in [3.05, 3.63) is 65.3 Å². The number of halogens is 1. The van der Waals surface area contributed by atoms with Crippen LogP contribution in [-0.4, -0.2) is 66.2 Å². The first-order valence-electron chi connectivity index (χ1n) is 14.1. The maximum absolute atomic E-state index is 13.6. The van der Waals surface area contributed by atoms with E-state index in [0.717, 1.165) is 6.08 Å². The van der Waals surface area contributed by atoms with Crippen molar-refractivity contribution in [1.82, 2.24) is 21.1 Å². The summed E-state index contributed by atoms with van der Waals surface area (Å²) in [4.78, 5) is 63.9. The highest BCUT2D eigenvalue weighted by molar-refractivity contribution is 5.95. The number of rotatable bonds is 14. The number of carbonyl (C=O) groups is 5. The summed E-state index contributed by atoms with van der Waals surface area (Å²) in [5.41, 5.74) is 0.482. The highest BCUT2D eigenvalue weighted by Crippen LogP contribution is 2.18. The second kappa shape index (κ2) is 15.6. The number of hydrogen-bond acceptors (Lipinski definition) is 9. The second-order valence-electron chi connectivity index (χ2n) is 10.5. The first kappa shape index (κ1) is 33.0. The predicted molar refractivity (Wildman–Crippen MR) is 151 cm³/mol. The third kappa shape index (κ3) is 10.0. The Morgan fingerprint density at radius 1 is 1.19 bits per heavy atom. The van der Waals surface area contributed by atoms with Gasteiger partial charge < -0.3 is 29.9 Å². The fourth-order valence-electron chi connectivity index (χ4n) is 4.45. The molecule has 3 amide bonds. The summed E-state index contributed by atoms with van der Waals surface area (Å²) in [5, 5.41) is 11.7. The molecule has 1 aliphatic rings. The fourth-order valence-corrected chi connectivity index (χ4v) is 4.45. The summed E-state index contributed by atoms with van der Waals surface area (Å²) < 4.78 is 29.1. The summed E-state index contributed by atoms with van der Waals surface area (Å²) in [6.07, 6.45) is 1.81. The van der Waals surface area contributed by atoms with Crippen molar-refractivity contribution in [2.24, 2.45) is 11.8 Å². The molecule has 3 N–H and O–H groups in total. The molecular weight excluding hydrogens is 563 g/mol. The number of carbonyl (C=O) groups excluding carboxylic acids is 5. The summed E-state index contributed by atoms with van der Waals surface area (Å²) >= 11 is 0. The monoisotopic (exact) mass is 600 g/mol. The van der Waals surface area contributed by atoms with Crippen LogP contribution in [0.4, 0.5) is 4.39 Å². The molecule has 2 aromatic rings. The molecule has 1 aliphatic heterocycles. The van der Waals surface area contributed by atoms with Crippen molar-refractivity contribution in [3.8, 4) is 0 Å². The zero-order valence-electron chi connectivity index (χ0n) is 24.6. The second-order valence-corrected chi connectivity index (χ2v) is 10.5. The minimum atomic E-state index is -1.40. The van der Waals surface area contributed by atoms with Crippen LogP contribution in [0.5, 0.6) is 0 Å². The van der Waals surface area contributed by atoms with Crippen molar-refractivity contribution in [1.29, 1.82) is 0 Å². The maximum atomic E-state index is 13.6. The van der Waals surface area contributed by atoms with Crippen LogP contribution in [0.15, 0.2) is 47.0 Å². The highest BCUT2D eigenvalue weighted by Gasteiger charge is 2.33. The lowest BCUT2D eigenvalue weighted by Crippen LogP contribution is -2.50. The fraction of sp³-hybridized carbons (Fsp3) is 0.467. The van der Waals surface area contributed by atoms with Crippen LogP contribution in [0.2, 0.25) is 0 Å². The van der Waals surface area contributed by atoms with Gasteiger partial charge >= 0.3 is 11.9 Å². The Balaban J connectivity index is 1.82. The number of nitrogens with one attached hydrogen (secondary N) is 3.